The van der Waals surface area contributed by atoms with E-state index in [0.29, 0.717) is 27.7 Å². The summed E-state index contributed by atoms with van der Waals surface area (Å²) < 4.78 is 0. The smallest absolute Gasteiger partial charge is 0.161 e. The third-order valence-corrected chi connectivity index (χ3v) is 2.56. The minimum absolute atomic E-state index is 0.416. The molecule has 0 saturated heterocycles. The molecule has 0 atom stereocenters. The highest BCUT2D eigenvalue weighted by Gasteiger charge is 2.22. The summed E-state index contributed by atoms with van der Waals surface area (Å²) in [6.45, 7) is 0. The maximum absolute atomic E-state index is 5.95. The highest BCUT2D eigenvalue weighted by molar-refractivity contribution is 6.37. The van der Waals surface area contributed by atoms with E-state index < -0.39 is 0 Å². The van der Waals surface area contributed by atoms with Gasteiger partial charge in [-0.05, 0) is 18.9 Å². The standard InChI is InChI=1S/C8H10Cl2N4/c9-5-3-6(10)8(14-11)13-7(5)12-4-1-2-4/h3-4H,1-2,11H2,(H2,12,13,14). The zero-order valence-corrected chi connectivity index (χ0v) is 8.86. The minimum atomic E-state index is 0.416. The lowest BCUT2D eigenvalue weighted by Crippen LogP contribution is -2.11. The van der Waals surface area contributed by atoms with Gasteiger partial charge < -0.3 is 10.7 Å². The van der Waals surface area contributed by atoms with E-state index in [0.717, 1.165) is 12.8 Å². The van der Waals surface area contributed by atoms with Crippen LogP contribution in [0.25, 0.3) is 0 Å². The SMILES string of the molecule is NNc1nc(NC2CC2)c(Cl)cc1Cl. The predicted molar refractivity (Wildman–Crippen MR) is 58.7 cm³/mol. The third kappa shape index (κ3) is 2.03. The summed E-state index contributed by atoms with van der Waals surface area (Å²) in [5.41, 5.74) is 2.41. The summed E-state index contributed by atoms with van der Waals surface area (Å²) in [6, 6.07) is 2.11. The van der Waals surface area contributed by atoms with Crippen LogP contribution in [0.1, 0.15) is 12.8 Å². The molecule has 14 heavy (non-hydrogen) atoms. The second-order valence-corrected chi connectivity index (χ2v) is 4.03. The first-order valence-electron chi connectivity index (χ1n) is 4.30. The molecule has 1 saturated carbocycles. The Bertz CT molecular complexity index is 351. The Labute approximate surface area is 91.8 Å². The predicted octanol–water partition coefficient (Wildman–Crippen LogP) is 2.25. The van der Waals surface area contributed by atoms with Gasteiger partial charge in [0.25, 0.3) is 0 Å². The van der Waals surface area contributed by atoms with Crippen LogP contribution in [0.5, 0.6) is 0 Å². The van der Waals surface area contributed by atoms with E-state index in [2.05, 4.69) is 15.7 Å². The molecule has 1 fully saturated rings. The van der Waals surface area contributed by atoms with Crippen molar-refractivity contribution in [3.8, 4) is 0 Å². The van der Waals surface area contributed by atoms with Crippen LogP contribution in [0.2, 0.25) is 10.0 Å². The minimum Gasteiger partial charge on any atom is -0.366 e. The summed E-state index contributed by atoms with van der Waals surface area (Å²) in [6.07, 6.45) is 2.32. The van der Waals surface area contributed by atoms with Crippen molar-refractivity contribution in [2.45, 2.75) is 18.9 Å². The van der Waals surface area contributed by atoms with Gasteiger partial charge in [-0.2, -0.15) is 0 Å². The number of hydrazine groups is 1. The average molecular weight is 233 g/mol. The molecule has 0 spiro atoms. The van der Waals surface area contributed by atoms with Crippen molar-refractivity contribution in [2.75, 3.05) is 10.7 Å². The fourth-order valence-corrected chi connectivity index (χ4v) is 1.56. The summed E-state index contributed by atoms with van der Waals surface area (Å²) in [5.74, 6) is 6.31. The lowest BCUT2D eigenvalue weighted by Gasteiger charge is -2.09. The van der Waals surface area contributed by atoms with Gasteiger partial charge in [0.05, 0.1) is 10.0 Å². The van der Waals surface area contributed by atoms with Gasteiger partial charge in [0, 0.05) is 6.04 Å². The van der Waals surface area contributed by atoms with Gasteiger partial charge in [-0.25, -0.2) is 10.8 Å². The molecule has 0 aromatic carbocycles. The van der Waals surface area contributed by atoms with Crippen molar-refractivity contribution < 1.29 is 0 Å². The van der Waals surface area contributed by atoms with Crippen LogP contribution in [0.3, 0.4) is 0 Å². The van der Waals surface area contributed by atoms with Crippen LogP contribution in [0.15, 0.2) is 6.07 Å². The number of halogens is 2. The molecule has 76 valence electrons. The molecular formula is C8H10Cl2N4. The van der Waals surface area contributed by atoms with E-state index >= 15 is 0 Å². The molecule has 4 N–H and O–H groups in total. The van der Waals surface area contributed by atoms with E-state index in [-0.39, 0.29) is 0 Å². The molecule has 1 aromatic heterocycles. The van der Waals surface area contributed by atoms with Gasteiger partial charge in [-0.1, -0.05) is 23.2 Å². The molecule has 0 radical (unpaired) electrons. The Morgan fingerprint density at radius 2 is 1.93 bits per heavy atom. The van der Waals surface area contributed by atoms with Gasteiger partial charge in [0.1, 0.15) is 5.82 Å². The van der Waals surface area contributed by atoms with Crippen LogP contribution in [-0.4, -0.2) is 11.0 Å². The van der Waals surface area contributed by atoms with Crippen LogP contribution < -0.4 is 16.6 Å². The third-order valence-electron chi connectivity index (χ3n) is 1.98. The first kappa shape index (κ1) is 9.83. The second kappa shape index (κ2) is 3.81. The van der Waals surface area contributed by atoms with Gasteiger partial charge in [-0.3, -0.25) is 0 Å². The highest BCUT2D eigenvalue weighted by atomic mass is 35.5. The average Bonchev–Trinajstić information content (AvgIpc) is 2.93. The van der Waals surface area contributed by atoms with E-state index in [1.165, 1.54) is 0 Å². The summed E-state index contributed by atoms with van der Waals surface area (Å²) in [4.78, 5) is 4.16. The molecule has 1 aromatic rings. The zero-order valence-electron chi connectivity index (χ0n) is 7.35. The van der Waals surface area contributed by atoms with Crippen LogP contribution >= 0.6 is 23.2 Å². The maximum Gasteiger partial charge on any atom is 0.161 e. The normalized spacial score (nSPS) is 15.4. The molecule has 0 amide bonds. The van der Waals surface area contributed by atoms with Crippen molar-refractivity contribution in [3.05, 3.63) is 16.1 Å². The quantitative estimate of drug-likeness (QED) is 0.553. The monoisotopic (exact) mass is 232 g/mol. The molecular weight excluding hydrogens is 223 g/mol. The molecule has 2 rings (SSSR count). The molecule has 1 aliphatic rings. The first-order valence-corrected chi connectivity index (χ1v) is 5.05. The van der Waals surface area contributed by atoms with Crippen molar-refractivity contribution in [3.63, 3.8) is 0 Å². The summed E-state index contributed by atoms with van der Waals surface area (Å²) in [5, 5.41) is 4.12. The Balaban J connectivity index is 2.27. The van der Waals surface area contributed by atoms with Gasteiger partial charge in [-0.15, -0.1) is 0 Å². The van der Waals surface area contributed by atoms with Crippen molar-refractivity contribution in [1.82, 2.24) is 4.98 Å². The Morgan fingerprint density at radius 1 is 1.29 bits per heavy atom. The Hall–Kier alpha value is -0.710. The fraction of sp³-hybridized carbons (Fsp3) is 0.375. The number of rotatable bonds is 3. The van der Waals surface area contributed by atoms with E-state index in [9.17, 15) is 0 Å². The van der Waals surface area contributed by atoms with E-state index in [4.69, 9.17) is 29.0 Å². The van der Waals surface area contributed by atoms with Crippen molar-refractivity contribution in [1.29, 1.82) is 0 Å². The van der Waals surface area contributed by atoms with Gasteiger partial charge in [0.2, 0.25) is 0 Å². The molecule has 1 aliphatic carbocycles. The Kier molecular flexibility index (Phi) is 2.67. The summed E-state index contributed by atoms with van der Waals surface area (Å²) >= 11 is 11.8. The molecule has 4 nitrogen and oxygen atoms in total. The molecule has 0 unspecified atom stereocenters. The molecule has 1 heterocycles. The fourth-order valence-electron chi connectivity index (χ4n) is 1.09. The second-order valence-electron chi connectivity index (χ2n) is 3.21. The van der Waals surface area contributed by atoms with Gasteiger partial charge in [0.15, 0.2) is 5.82 Å². The van der Waals surface area contributed by atoms with E-state index in [1.54, 1.807) is 6.07 Å². The van der Waals surface area contributed by atoms with Crippen LogP contribution in [0.4, 0.5) is 11.6 Å². The highest BCUT2D eigenvalue weighted by Crippen LogP contribution is 2.32. The Morgan fingerprint density at radius 3 is 2.50 bits per heavy atom. The van der Waals surface area contributed by atoms with Crippen molar-refractivity contribution >= 4 is 34.8 Å². The number of nitrogen functional groups attached to an aromatic ring is 1. The number of pyridine rings is 1. The number of nitrogens with zero attached hydrogens (tertiary/aromatic N) is 1. The molecule has 0 bridgehead atoms. The number of anilines is 2. The van der Waals surface area contributed by atoms with Crippen molar-refractivity contribution in [2.24, 2.45) is 5.84 Å². The topological polar surface area (TPSA) is 63.0 Å². The number of nitrogens with one attached hydrogen (secondary N) is 2. The number of aromatic nitrogens is 1. The maximum atomic E-state index is 5.95. The largest absolute Gasteiger partial charge is 0.366 e. The number of hydrogen-bond acceptors (Lipinski definition) is 4. The molecule has 6 heteroatoms. The summed E-state index contributed by atoms with van der Waals surface area (Å²) in [7, 11) is 0. The van der Waals surface area contributed by atoms with Gasteiger partial charge >= 0.3 is 0 Å². The first-order chi connectivity index (χ1) is 6.70. The lowest BCUT2D eigenvalue weighted by atomic mass is 10.4. The van der Waals surface area contributed by atoms with Crippen LogP contribution in [-0.2, 0) is 0 Å². The number of hydrogen-bond donors (Lipinski definition) is 3. The molecule has 0 aliphatic heterocycles. The van der Waals surface area contributed by atoms with Crippen LogP contribution in [0, 0.1) is 0 Å². The number of nitrogens with two attached hydrogens (primary N) is 1. The van der Waals surface area contributed by atoms with E-state index in [1.807, 2.05) is 0 Å². The lowest BCUT2D eigenvalue weighted by molar-refractivity contribution is 1.11. The zero-order chi connectivity index (χ0) is 10.1.